The number of aliphatic hydroxyl groups excluding tert-OH is 1. The van der Waals surface area contributed by atoms with Crippen molar-refractivity contribution in [3.63, 3.8) is 0 Å². The first-order valence-electron chi connectivity index (χ1n) is 4.09. The molecule has 0 spiro atoms. The van der Waals surface area contributed by atoms with E-state index in [1.54, 1.807) is 11.3 Å². The molecule has 0 saturated carbocycles. The third kappa shape index (κ3) is 1.86. The van der Waals surface area contributed by atoms with Crippen LogP contribution in [0.3, 0.4) is 0 Å². The summed E-state index contributed by atoms with van der Waals surface area (Å²) in [5, 5.41) is 11.8. The number of rotatable bonds is 3. The first-order chi connectivity index (χ1) is 5.66. The summed E-state index contributed by atoms with van der Waals surface area (Å²) >= 11 is 1.66. The summed E-state index contributed by atoms with van der Waals surface area (Å²) in [5.74, 6) is 0.137. The Labute approximate surface area is 77.0 Å². The van der Waals surface area contributed by atoms with E-state index in [9.17, 15) is 5.11 Å². The molecule has 2 nitrogen and oxygen atoms in total. The normalized spacial score (nSPS) is 16.0. The van der Waals surface area contributed by atoms with Crippen LogP contribution in [0, 0.1) is 12.8 Å². The maximum Gasteiger partial charge on any atom is 0.0838 e. The molecule has 0 saturated heterocycles. The van der Waals surface area contributed by atoms with Crippen LogP contribution in [0.25, 0.3) is 0 Å². The molecule has 0 aromatic carbocycles. The Balaban J connectivity index is 2.77. The van der Waals surface area contributed by atoms with Gasteiger partial charge in [-0.2, -0.15) is 0 Å². The smallest absolute Gasteiger partial charge is 0.0838 e. The molecule has 1 aromatic heterocycles. The quantitative estimate of drug-likeness (QED) is 0.752. The number of hydrogen-bond donors (Lipinski definition) is 2. The zero-order valence-electron chi connectivity index (χ0n) is 7.45. The zero-order chi connectivity index (χ0) is 9.14. The second-order valence-corrected chi connectivity index (χ2v) is 4.21. The fourth-order valence-corrected chi connectivity index (χ4v) is 1.88. The molecule has 0 aliphatic rings. The zero-order valence-corrected chi connectivity index (χ0v) is 8.27. The fourth-order valence-electron chi connectivity index (χ4n) is 1.14. The van der Waals surface area contributed by atoms with Crippen LogP contribution in [0.4, 0.5) is 0 Å². The largest absolute Gasteiger partial charge is 0.388 e. The van der Waals surface area contributed by atoms with Gasteiger partial charge in [-0.1, -0.05) is 6.92 Å². The molecule has 0 aliphatic carbocycles. The predicted molar refractivity (Wildman–Crippen MR) is 52.2 cm³/mol. The van der Waals surface area contributed by atoms with Gasteiger partial charge in [0.05, 0.1) is 6.10 Å². The van der Waals surface area contributed by atoms with Crippen molar-refractivity contribution in [2.75, 3.05) is 6.54 Å². The molecule has 0 fully saturated rings. The Morgan fingerprint density at radius 1 is 1.67 bits per heavy atom. The summed E-state index contributed by atoms with van der Waals surface area (Å²) in [7, 11) is 0. The van der Waals surface area contributed by atoms with Gasteiger partial charge in [0.25, 0.3) is 0 Å². The number of aryl methyl sites for hydroxylation is 1. The van der Waals surface area contributed by atoms with Gasteiger partial charge in [0.15, 0.2) is 0 Å². The highest BCUT2D eigenvalue weighted by Crippen LogP contribution is 2.27. The summed E-state index contributed by atoms with van der Waals surface area (Å²) < 4.78 is 0. The van der Waals surface area contributed by atoms with Gasteiger partial charge in [-0.05, 0) is 36.4 Å². The highest BCUT2D eigenvalue weighted by Gasteiger charge is 2.16. The van der Waals surface area contributed by atoms with Crippen LogP contribution in [0.15, 0.2) is 11.4 Å². The number of hydrogen-bond acceptors (Lipinski definition) is 3. The van der Waals surface area contributed by atoms with Crippen molar-refractivity contribution < 1.29 is 5.11 Å². The minimum Gasteiger partial charge on any atom is -0.388 e. The Kier molecular flexibility index (Phi) is 3.26. The van der Waals surface area contributed by atoms with Gasteiger partial charge in [0, 0.05) is 4.88 Å². The van der Waals surface area contributed by atoms with Crippen LogP contribution in [0.5, 0.6) is 0 Å². The maximum atomic E-state index is 9.79. The summed E-state index contributed by atoms with van der Waals surface area (Å²) in [6, 6.07) is 1.97. The first kappa shape index (κ1) is 9.71. The van der Waals surface area contributed by atoms with Gasteiger partial charge in [-0.25, -0.2) is 0 Å². The number of aliphatic hydroxyl groups is 1. The second-order valence-electron chi connectivity index (χ2n) is 3.09. The molecular formula is C9H15NOS. The van der Waals surface area contributed by atoms with Gasteiger partial charge in [-0.15, -0.1) is 11.3 Å². The first-order valence-corrected chi connectivity index (χ1v) is 4.97. The van der Waals surface area contributed by atoms with E-state index < -0.39 is 6.10 Å². The van der Waals surface area contributed by atoms with E-state index in [-0.39, 0.29) is 5.92 Å². The minimum atomic E-state index is -0.402. The van der Waals surface area contributed by atoms with E-state index in [4.69, 9.17) is 5.73 Å². The van der Waals surface area contributed by atoms with Crippen LogP contribution in [0.2, 0.25) is 0 Å². The molecule has 68 valence electrons. The van der Waals surface area contributed by atoms with Crippen LogP contribution >= 0.6 is 11.3 Å². The molecule has 3 N–H and O–H groups in total. The monoisotopic (exact) mass is 185 g/mol. The van der Waals surface area contributed by atoms with Crippen molar-refractivity contribution in [3.05, 3.63) is 21.9 Å². The van der Waals surface area contributed by atoms with Crippen LogP contribution in [0.1, 0.15) is 23.5 Å². The van der Waals surface area contributed by atoms with Crippen molar-refractivity contribution in [2.45, 2.75) is 20.0 Å². The molecule has 0 radical (unpaired) electrons. The average Bonchev–Trinajstić information content (AvgIpc) is 2.48. The SMILES string of the molecule is Cc1sccc1C(O)C(C)CN. The lowest BCUT2D eigenvalue weighted by molar-refractivity contribution is 0.121. The van der Waals surface area contributed by atoms with E-state index in [0.29, 0.717) is 6.54 Å². The summed E-state index contributed by atoms with van der Waals surface area (Å²) in [6.07, 6.45) is -0.402. The van der Waals surface area contributed by atoms with Gasteiger partial charge < -0.3 is 10.8 Å². The minimum absolute atomic E-state index is 0.137. The molecule has 12 heavy (non-hydrogen) atoms. The molecule has 1 rings (SSSR count). The van der Waals surface area contributed by atoms with Crippen LogP contribution in [-0.2, 0) is 0 Å². The molecule has 2 atom stereocenters. The summed E-state index contributed by atoms with van der Waals surface area (Å²) in [6.45, 7) is 4.50. The third-order valence-electron chi connectivity index (χ3n) is 2.13. The Bertz CT molecular complexity index is 246. The molecule has 2 unspecified atom stereocenters. The van der Waals surface area contributed by atoms with Gasteiger partial charge in [-0.3, -0.25) is 0 Å². The van der Waals surface area contributed by atoms with E-state index in [2.05, 4.69) is 0 Å². The summed E-state index contributed by atoms with van der Waals surface area (Å²) in [4.78, 5) is 1.18. The lowest BCUT2D eigenvalue weighted by Crippen LogP contribution is -2.18. The van der Waals surface area contributed by atoms with E-state index in [0.717, 1.165) is 5.56 Å². The highest BCUT2D eigenvalue weighted by atomic mass is 32.1. The maximum absolute atomic E-state index is 9.79. The van der Waals surface area contributed by atoms with Gasteiger partial charge >= 0.3 is 0 Å². The van der Waals surface area contributed by atoms with Crippen molar-refractivity contribution in [1.82, 2.24) is 0 Å². The average molecular weight is 185 g/mol. The van der Waals surface area contributed by atoms with E-state index in [1.165, 1.54) is 4.88 Å². The standard InChI is InChI=1S/C9H15NOS/c1-6(5-10)9(11)8-3-4-12-7(8)2/h3-4,6,9,11H,5,10H2,1-2H3. The summed E-state index contributed by atoms with van der Waals surface area (Å²) in [5.41, 5.74) is 6.50. The Morgan fingerprint density at radius 3 is 2.75 bits per heavy atom. The number of thiophene rings is 1. The lowest BCUT2D eigenvalue weighted by atomic mass is 9.98. The molecule has 1 heterocycles. The molecule has 0 amide bonds. The van der Waals surface area contributed by atoms with E-state index in [1.807, 2.05) is 25.3 Å². The molecule has 1 aromatic rings. The van der Waals surface area contributed by atoms with Crippen molar-refractivity contribution >= 4 is 11.3 Å². The molecule has 0 aliphatic heterocycles. The van der Waals surface area contributed by atoms with Crippen molar-refractivity contribution in [2.24, 2.45) is 11.7 Å². The number of nitrogens with two attached hydrogens (primary N) is 1. The topological polar surface area (TPSA) is 46.2 Å². The van der Waals surface area contributed by atoms with Gasteiger partial charge in [0.2, 0.25) is 0 Å². The van der Waals surface area contributed by atoms with Crippen molar-refractivity contribution in [1.29, 1.82) is 0 Å². The highest BCUT2D eigenvalue weighted by molar-refractivity contribution is 7.10. The molecular weight excluding hydrogens is 170 g/mol. The fraction of sp³-hybridized carbons (Fsp3) is 0.556. The Morgan fingerprint density at radius 2 is 2.33 bits per heavy atom. The van der Waals surface area contributed by atoms with Crippen LogP contribution in [-0.4, -0.2) is 11.7 Å². The van der Waals surface area contributed by atoms with Crippen molar-refractivity contribution in [3.8, 4) is 0 Å². The molecule has 0 bridgehead atoms. The van der Waals surface area contributed by atoms with Crippen LogP contribution < -0.4 is 5.73 Å². The van der Waals surface area contributed by atoms with Gasteiger partial charge in [0.1, 0.15) is 0 Å². The van der Waals surface area contributed by atoms with E-state index >= 15 is 0 Å². The third-order valence-corrected chi connectivity index (χ3v) is 2.99. The Hall–Kier alpha value is -0.380. The predicted octanol–water partition coefficient (Wildman–Crippen LogP) is 1.68. The second kappa shape index (κ2) is 4.03. The molecule has 3 heteroatoms. The lowest BCUT2D eigenvalue weighted by Gasteiger charge is -2.16.